The number of hydrogen-bond donors (Lipinski definition) is 6. The number of hydrogen-bond acceptors (Lipinski definition) is 14. The number of methoxy groups -OCH3 is 2. The zero-order chi connectivity index (χ0) is 55.3. The summed E-state index contributed by atoms with van der Waals surface area (Å²) in [6.45, 7) is 3.90. The average Bonchev–Trinajstić information content (AvgIpc) is 3.38. The molecule has 0 aliphatic carbocycles. The van der Waals surface area contributed by atoms with Crippen molar-refractivity contribution in [2.24, 2.45) is 5.73 Å². The quantitative estimate of drug-likeness (QED) is 0.0266. The number of nitrogens with two attached hydrogens (primary N) is 1. The number of sulfone groups is 2. The van der Waals surface area contributed by atoms with E-state index < -0.39 is 43.4 Å². The predicted octanol–water partition coefficient (Wildman–Crippen LogP) is 9.84. The Morgan fingerprint density at radius 1 is 0.573 bits per heavy atom. The van der Waals surface area contributed by atoms with Crippen LogP contribution < -0.4 is 31.2 Å². The van der Waals surface area contributed by atoms with E-state index in [9.17, 15) is 36.0 Å². The highest BCUT2D eigenvalue weighted by Crippen LogP contribution is 2.30. The molecule has 7 N–H and O–H groups in total. The van der Waals surface area contributed by atoms with Crippen molar-refractivity contribution in [3.8, 4) is 33.8 Å². The summed E-state index contributed by atoms with van der Waals surface area (Å²) in [5, 5.41) is 23.6. The third kappa shape index (κ3) is 18.7. The molecular weight excluding hydrogens is 1020 g/mol. The molecule has 0 aliphatic rings. The van der Waals surface area contributed by atoms with Crippen molar-refractivity contribution in [3.63, 3.8) is 0 Å². The second-order valence-electron chi connectivity index (χ2n) is 16.4. The van der Waals surface area contributed by atoms with E-state index in [2.05, 4.69) is 37.0 Å². The zero-order valence-electron chi connectivity index (χ0n) is 42.0. The predicted molar refractivity (Wildman–Crippen MR) is 290 cm³/mol. The van der Waals surface area contributed by atoms with Crippen molar-refractivity contribution in [1.29, 1.82) is 10.8 Å². The second-order valence-corrected chi connectivity index (χ2v) is 20.6. The first-order valence-electron chi connectivity index (χ1n) is 23.0. The molecule has 6 aromatic rings. The number of alkyl carbamates (subject to hydrolysis) is 1. The van der Waals surface area contributed by atoms with Gasteiger partial charge in [0.05, 0.1) is 24.0 Å². The van der Waals surface area contributed by atoms with Crippen LogP contribution in [-0.2, 0) is 38.7 Å². The van der Waals surface area contributed by atoms with E-state index in [4.69, 9.17) is 26.0 Å². The molecule has 21 heteroatoms. The molecule has 75 heavy (non-hydrogen) atoms. The van der Waals surface area contributed by atoms with Gasteiger partial charge in [-0.1, -0.05) is 112 Å². The molecule has 0 heterocycles. The number of carbonyl (C=O) groups excluding carboxylic acids is 4. The number of ether oxygens (including phenoxy) is 4. The van der Waals surface area contributed by atoms with Crippen LogP contribution in [0.3, 0.4) is 0 Å². The molecule has 6 aromatic carbocycles. The van der Waals surface area contributed by atoms with Gasteiger partial charge in [-0.2, -0.15) is 0 Å². The minimum Gasteiger partial charge on any atom is -0.481 e. The van der Waals surface area contributed by atoms with Crippen LogP contribution in [0.5, 0.6) is 11.5 Å². The standard InChI is InChI=1S/C27H29N3O6S.C25H27N3O4S.C2H3ClO2/c1-4-8-23(36-21-10-7-9-19(17-21)25(28)30-27(32)35-2)26(31)29-20-15-13-18(14-16-20)22-11-5-6-12-24(22)37(3,33)34;1-3-7-22(32-20-9-6-8-18(16-20)24(26)27)25(29)28-19-14-12-17(13-15-19)21-10-4-5-11-23(21)33(2,30)31;1-5-2(3)4/h5-7,9-17,23H,4,8H2,1-3H3,(H,29,31)(H2,28,30,32);4-6,8-16,22H,3,7H2,1-2H3,(H3,26,27)(H,28,29);1H3. The summed E-state index contributed by atoms with van der Waals surface area (Å²) in [5.41, 5.74) is 9.42. The number of anilines is 2. The van der Waals surface area contributed by atoms with Gasteiger partial charge in [-0.3, -0.25) is 25.7 Å². The lowest BCUT2D eigenvalue weighted by Crippen LogP contribution is -2.33. The smallest absolute Gasteiger partial charge is 0.412 e. The Bertz CT molecular complexity index is 3190. The lowest BCUT2D eigenvalue weighted by molar-refractivity contribution is -0.123. The van der Waals surface area contributed by atoms with Crippen LogP contribution in [0.4, 0.5) is 21.0 Å². The van der Waals surface area contributed by atoms with Gasteiger partial charge in [0.15, 0.2) is 31.9 Å². The molecule has 0 saturated heterocycles. The highest BCUT2D eigenvalue weighted by Gasteiger charge is 2.23. The van der Waals surface area contributed by atoms with Gasteiger partial charge in [-0.15, -0.1) is 0 Å². The van der Waals surface area contributed by atoms with Crippen LogP contribution in [0.2, 0.25) is 0 Å². The summed E-state index contributed by atoms with van der Waals surface area (Å²) < 4.78 is 68.7. The van der Waals surface area contributed by atoms with Crippen LogP contribution in [0.1, 0.15) is 50.7 Å². The number of amidine groups is 2. The number of halogens is 1. The molecule has 0 radical (unpaired) electrons. The fraction of sp³-hybridized carbons (Fsp3) is 0.222. The Kier molecular flexibility index (Phi) is 22.5. The summed E-state index contributed by atoms with van der Waals surface area (Å²) in [7, 11) is -4.35. The number of amides is 3. The Hall–Kier alpha value is -8.07. The molecule has 2 unspecified atom stereocenters. The van der Waals surface area contributed by atoms with Gasteiger partial charge < -0.3 is 35.3 Å². The lowest BCUT2D eigenvalue weighted by atomic mass is 10.1. The Balaban J connectivity index is 0.000000299. The van der Waals surface area contributed by atoms with Crippen molar-refractivity contribution in [2.45, 2.75) is 61.5 Å². The minimum absolute atomic E-state index is 0.0746. The fourth-order valence-corrected chi connectivity index (χ4v) is 8.82. The van der Waals surface area contributed by atoms with Gasteiger partial charge in [-0.05, 0) is 84.6 Å². The first-order valence-corrected chi connectivity index (χ1v) is 27.2. The summed E-state index contributed by atoms with van der Waals surface area (Å²) in [5.74, 6) is -0.0475. The minimum atomic E-state index is -3.40. The maximum Gasteiger partial charge on any atom is 0.412 e. The van der Waals surface area contributed by atoms with E-state index >= 15 is 0 Å². The monoisotopic (exact) mass is 1080 g/mol. The van der Waals surface area contributed by atoms with Crippen LogP contribution in [0.15, 0.2) is 155 Å². The zero-order valence-corrected chi connectivity index (χ0v) is 44.4. The molecule has 2 atom stereocenters. The molecule has 0 aromatic heterocycles. The van der Waals surface area contributed by atoms with Crippen molar-refractivity contribution in [2.75, 3.05) is 37.4 Å². The summed E-state index contributed by atoms with van der Waals surface area (Å²) in [6, 6.07) is 40.7. The van der Waals surface area contributed by atoms with Crippen LogP contribution >= 0.6 is 11.6 Å². The SMILES string of the molecule is CCCC(Oc1cccc(C(=N)N)c1)C(=O)Nc1ccc(-c2ccccc2S(C)(=O)=O)cc1.CCCC(Oc1cccc(C(=N)NC(=O)OC)c1)C(=O)Nc1ccc(-c2ccccc2S(C)(=O)=O)cc1.COC(=O)Cl. The van der Waals surface area contributed by atoms with Crippen molar-refractivity contribution in [3.05, 3.63) is 157 Å². The molecule has 18 nitrogen and oxygen atoms in total. The van der Waals surface area contributed by atoms with Crippen LogP contribution in [0.25, 0.3) is 22.3 Å². The van der Waals surface area contributed by atoms with Gasteiger partial charge in [0, 0.05) is 57.7 Å². The third-order valence-corrected chi connectivity index (χ3v) is 13.0. The number of carbonyl (C=O) groups is 4. The molecule has 3 amide bonds. The lowest BCUT2D eigenvalue weighted by Gasteiger charge is -2.19. The fourth-order valence-electron chi connectivity index (χ4n) is 7.00. The molecular formula is C54H59ClN6O12S2. The number of benzene rings is 6. The molecule has 0 aliphatic heterocycles. The van der Waals surface area contributed by atoms with Crippen LogP contribution in [0, 0.1) is 10.8 Å². The molecule has 6 rings (SSSR count). The summed E-state index contributed by atoms with van der Waals surface area (Å²) >= 11 is 4.60. The van der Waals surface area contributed by atoms with E-state index in [-0.39, 0.29) is 33.3 Å². The van der Waals surface area contributed by atoms with E-state index in [1.165, 1.54) is 26.7 Å². The summed E-state index contributed by atoms with van der Waals surface area (Å²) in [4.78, 5) is 47.1. The largest absolute Gasteiger partial charge is 0.481 e. The average molecular weight is 1080 g/mol. The van der Waals surface area contributed by atoms with Gasteiger partial charge in [-0.25, -0.2) is 26.4 Å². The first-order chi connectivity index (χ1) is 35.6. The normalized spacial score (nSPS) is 11.6. The van der Waals surface area contributed by atoms with E-state index in [1.54, 1.807) is 146 Å². The Morgan fingerprint density at radius 2 is 0.960 bits per heavy atom. The van der Waals surface area contributed by atoms with Crippen molar-refractivity contribution < 1.29 is 55.0 Å². The summed E-state index contributed by atoms with van der Waals surface area (Å²) in [6.07, 6.45) is 2.47. The van der Waals surface area contributed by atoms with Gasteiger partial charge in [0.25, 0.3) is 11.8 Å². The van der Waals surface area contributed by atoms with Gasteiger partial charge in [0.1, 0.15) is 23.2 Å². The van der Waals surface area contributed by atoms with Crippen molar-refractivity contribution >= 4 is 77.7 Å². The van der Waals surface area contributed by atoms with E-state index in [0.717, 1.165) is 12.0 Å². The first kappa shape index (κ1) is 59.5. The van der Waals surface area contributed by atoms with Crippen molar-refractivity contribution in [1.82, 2.24) is 5.32 Å². The molecule has 0 spiro atoms. The number of nitrogens with one attached hydrogen (secondary N) is 5. The highest BCUT2D eigenvalue weighted by atomic mass is 35.5. The topological polar surface area (TPSA) is 283 Å². The highest BCUT2D eigenvalue weighted by molar-refractivity contribution is 7.91. The van der Waals surface area contributed by atoms with E-state index in [1.807, 2.05) is 13.8 Å². The third-order valence-electron chi connectivity index (χ3n) is 10.6. The second kappa shape index (κ2) is 28.4. The number of nitrogen functional groups attached to an aromatic ring is 1. The Morgan fingerprint density at radius 3 is 1.32 bits per heavy atom. The van der Waals surface area contributed by atoms with E-state index in [0.29, 0.717) is 70.0 Å². The molecule has 0 bridgehead atoms. The number of rotatable bonds is 18. The van der Waals surface area contributed by atoms with Gasteiger partial charge >= 0.3 is 11.5 Å². The van der Waals surface area contributed by atoms with Gasteiger partial charge in [0.2, 0.25) is 0 Å². The molecule has 0 saturated carbocycles. The maximum absolute atomic E-state index is 13.0. The Labute approximate surface area is 441 Å². The molecule has 0 fully saturated rings. The van der Waals surface area contributed by atoms with Crippen LogP contribution in [-0.4, -0.2) is 90.8 Å². The molecule has 396 valence electrons. The maximum atomic E-state index is 13.0.